The summed E-state index contributed by atoms with van der Waals surface area (Å²) < 4.78 is 19.1. The maximum absolute atomic E-state index is 13.7. The van der Waals surface area contributed by atoms with Gasteiger partial charge in [-0.15, -0.1) is 0 Å². The van der Waals surface area contributed by atoms with Crippen LogP contribution in [-0.4, -0.2) is 62.0 Å². The van der Waals surface area contributed by atoms with Gasteiger partial charge in [0.15, 0.2) is 0 Å². The number of halogens is 2. The first kappa shape index (κ1) is 20.4. The van der Waals surface area contributed by atoms with Gasteiger partial charge in [0.25, 0.3) is 11.8 Å². The molecular weight excluding hydrogens is 409 g/mol. The molecule has 0 atom stereocenters. The van der Waals surface area contributed by atoms with Crippen molar-refractivity contribution in [2.24, 2.45) is 0 Å². The van der Waals surface area contributed by atoms with Crippen molar-refractivity contribution in [3.8, 4) is 5.75 Å². The third-order valence-electron chi connectivity index (χ3n) is 5.42. The lowest BCUT2D eigenvalue weighted by atomic mass is 10.0. The van der Waals surface area contributed by atoms with Crippen molar-refractivity contribution in [2.75, 3.05) is 45.2 Å². The first-order valence-corrected chi connectivity index (χ1v) is 9.95. The number of benzene rings is 2. The Morgan fingerprint density at radius 3 is 2.37 bits per heavy atom. The number of imide groups is 1. The molecule has 0 saturated carbocycles. The molecular formula is C22H21ClFN3O3. The van der Waals surface area contributed by atoms with Crippen molar-refractivity contribution in [3.63, 3.8) is 0 Å². The van der Waals surface area contributed by atoms with Crippen LogP contribution in [0.15, 0.2) is 48.2 Å². The fraction of sp³-hybridized carbons (Fsp3) is 0.273. The van der Waals surface area contributed by atoms with Crippen LogP contribution in [0.3, 0.4) is 0 Å². The average molecular weight is 430 g/mol. The Balaban J connectivity index is 1.85. The molecule has 1 fully saturated rings. The molecule has 2 amide bonds. The van der Waals surface area contributed by atoms with Crippen LogP contribution in [0.1, 0.15) is 5.56 Å². The molecule has 0 aliphatic carbocycles. The Morgan fingerprint density at radius 1 is 1.00 bits per heavy atom. The number of methoxy groups -OCH3 is 1. The summed E-state index contributed by atoms with van der Waals surface area (Å²) in [5, 5.41) is -0.153. The molecule has 4 rings (SSSR count). The predicted molar refractivity (Wildman–Crippen MR) is 113 cm³/mol. The van der Waals surface area contributed by atoms with Crippen LogP contribution in [0.25, 0.3) is 5.57 Å². The Kier molecular flexibility index (Phi) is 5.49. The SMILES string of the molecule is COc1ccccc1C1=C(N2CCN(C)CC2)C(=O)N(c2ccc(F)c(Cl)c2)C1=O. The number of hydrogen-bond donors (Lipinski definition) is 0. The zero-order valence-corrected chi connectivity index (χ0v) is 17.4. The van der Waals surface area contributed by atoms with E-state index in [1.165, 1.54) is 19.2 Å². The van der Waals surface area contributed by atoms with Crippen molar-refractivity contribution in [2.45, 2.75) is 0 Å². The number of carbonyl (C=O) groups excluding carboxylic acids is 2. The lowest BCUT2D eigenvalue weighted by Crippen LogP contribution is -2.46. The zero-order valence-electron chi connectivity index (χ0n) is 16.7. The van der Waals surface area contributed by atoms with Gasteiger partial charge in [-0.2, -0.15) is 0 Å². The number of amides is 2. The van der Waals surface area contributed by atoms with Crippen LogP contribution in [0.5, 0.6) is 5.75 Å². The quantitative estimate of drug-likeness (QED) is 0.699. The molecule has 2 aromatic carbocycles. The van der Waals surface area contributed by atoms with Gasteiger partial charge in [0, 0.05) is 31.7 Å². The highest BCUT2D eigenvalue weighted by Crippen LogP contribution is 2.39. The molecule has 0 unspecified atom stereocenters. The van der Waals surface area contributed by atoms with Crippen LogP contribution >= 0.6 is 11.6 Å². The van der Waals surface area contributed by atoms with Crippen molar-refractivity contribution in [1.29, 1.82) is 0 Å². The van der Waals surface area contributed by atoms with Gasteiger partial charge in [-0.25, -0.2) is 9.29 Å². The molecule has 2 heterocycles. The van der Waals surface area contributed by atoms with E-state index in [-0.39, 0.29) is 16.3 Å². The topological polar surface area (TPSA) is 53.1 Å². The summed E-state index contributed by atoms with van der Waals surface area (Å²) in [6.45, 7) is 2.77. The maximum Gasteiger partial charge on any atom is 0.282 e. The van der Waals surface area contributed by atoms with Crippen LogP contribution < -0.4 is 9.64 Å². The van der Waals surface area contributed by atoms with Gasteiger partial charge in [0.1, 0.15) is 17.3 Å². The molecule has 0 spiro atoms. The maximum atomic E-state index is 13.7. The second kappa shape index (κ2) is 8.08. The zero-order chi connectivity index (χ0) is 21.4. The fourth-order valence-corrected chi connectivity index (χ4v) is 3.97. The second-order valence-electron chi connectivity index (χ2n) is 7.26. The van der Waals surface area contributed by atoms with E-state index in [1.807, 2.05) is 11.9 Å². The lowest BCUT2D eigenvalue weighted by molar-refractivity contribution is -0.120. The van der Waals surface area contributed by atoms with E-state index in [9.17, 15) is 14.0 Å². The van der Waals surface area contributed by atoms with E-state index in [2.05, 4.69) is 4.90 Å². The summed E-state index contributed by atoms with van der Waals surface area (Å²) in [5.74, 6) is -1.05. The van der Waals surface area contributed by atoms with Crippen molar-refractivity contribution >= 4 is 34.7 Å². The van der Waals surface area contributed by atoms with E-state index >= 15 is 0 Å². The van der Waals surface area contributed by atoms with Crippen molar-refractivity contribution in [1.82, 2.24) is 9.80 Å². The normalized spacial score (nSPS) is 17.9. The lowest BCUT2D eigenvalue weighted by Gasteiger charge is -2.34. The molecule has 0 bridgehead atoms. The Bertz CT molecular complexity index is 1050. The molecule has 1 saturated heterocycles. The molecule has 2 aliphatic heterocycles. The number of carbonyl (C=O) groups is 2. The molecule has 30 heavy (non-hydrogen) atoms. The van der Waals surface area contributed by atoms with Crippen molar-refractivity contribution < 1.29 is 18.7 Å². The number of para-hydroxylation sites is 1. The number of hydrogen-bond acceptors (Lipinski definition) is 5. The third-order valence-corrected chi connectivity index (χ3v) is 5.71. The summed E-state index contributed by atoms with van der Waals surface area (Å²) in [6.07, 6.45) is 0. The largest absolute Gasteiger partial charge is 0.496 e. The predicted octanol–water partition coefficient (Wildman–Crippen LogP) is 3.02. The summed E-state index contributed by atoms with van der Waals surface area (Å²) in [5.41, 5.74) is 1.39. The molecule has 6 nitrogen and oxygen atoms in total. The van der Waals surface area contributed by atoms with Gasteiger partial charge >= 0.3 is 0 Å². The molecule has 156 valence electrons. The monoisotopic (exact) mass is 429 g/mol. The first-order chi connectivity index (χ1) is 14.4. The molecule has 0 N–H and O–H groups in total. The van der Waals surface area contributed by atoms with Gasteiger partial charge in [-0.1, -0.05) is 29.8 Å². The van der Waals surface area contributed by atoms with Crippen LogP contribution in [0, 0.1) is 5.82 Å². The number of anilines is 1. The van der Waals surface area contributed by atoms with Gasteiger partial charge in [-0.3, -0.25) is 9.59 Å². The number of ether oxygens (including phenoxy) is 1. The summed E-state index contributed by atoms with van der Waals surface area (Å²) >= 11 is 5.92. The number of likely N-dealkylation sites (N-methyl/N-ethyl adjacent to an activating group) is 1. The number of rotatable bonds is 4. The van der Waals surface area contributed by atoms with Gasteiger partial charge in [0.2, 0.25) is 0 Å². The van der Waals surface area contributed by atoms with Gasteiger partial charge in [-0.05, 0) is 31.3 Å². The van der Waals surface area contributed by atoms with E-state index in [0.29, 0.717) is 30.1 Å². The van der Waals surface area contributed by atoms with Crippen LogP contribution in [0.2, 0.25) is 5.02 Å². The summed E-state index contributed by atoms with van der Waals surface area (Å²) in [4.78, 5) is 32.2. The summed E-state index contributed by atoms with van der Waals surface area (Å²) in [6, 6.07) is 10.9. The van der Waals surface area contributed by atoms with E-state index in [4.69, 9.17) is 16.3 Å². The van der Waals surface area contributed by atoms with E-state index in [1.54, 1.807) is 24.3 Å². The number of piperazine rings is 1. The van der Waals surface area contributed by atoms with Gasteiger partial charge in [0.05, 0.1) is 23.4 Å². The fourth-order valence-electron chi connectivity index (χ4n) is 3.79. The summed E-state index contributed by atoms with van der Waals surface area (Å²) in [7, 11) is 3.54. The standard InChI is InChI=1S/C22H21ClFN3O3/c1-25-9-11-26(12-10-25)20-19(15-5-3-4-6-18(15)30-2)21(28)27(22(20)29)14-7-8-17(24)16(23)13-14/h3-8,13H,9-12H2,1-2H3. The Labute approximate surface area is 179 Å². The van der Waals surface area contributed by atoms with Crippen LogP contribution in [0.4, 0.5) is 10.1 Å². The molecule has 0 aromatic heterocycles. The van der Waals surface area contributed by atoms with Crippen LogP contribution in [-0.2, 0) is 9.59 Å². The third kappa shape index (κ3) is 3.44. The smallest absolute Gasteiger partial charge is 0.282 e. The van der Waals surface area contributed by atoms with E-state index in [0.717, 1.165) is 24.1 Å². The minimum absolute atomic E-state index is 0.153. The Hall–Kier alpha value is -2.90. The van der Waals surface area contributed by atoms with Gasteiger partial charge < -0.3 is 14.5 Å². The molecule has 0 radical (unpaired) electrons. The average Bonchev–Trinajstić information content (AvgIpc) is 3.00. The van der Waals surface area contributed by atoms with Crippen molar-refractivity contribution in [3.05, 3.63) is 64.6 Å². The minimum atomic E-state index is -0.614. The molecule has 8 heteroatoms. The highest BCUT2D eigenvalue weighted by Gasteiger charge is 2.43. The highest BCUT2D eigenvalue weighted by molar-refractivity contribution is 6.46. The van der Waals surface area contributed by atoms with E-state index < -0.39 is 17.6 Å². The first-order valence-electron chi connectivity index (χ1n) is 9.57. The molecule has 2 aromatic rings. The minimum Gasteiger partial charge on any atom is -0.496 e. The second-order valence-corrected chi connectivity index (χ2v) is 7.67. The Morgan fingerprint density at radius 2 is 1.70 bits per heavy atom. The molecule has 2 aliphatic rings. The number of nitrogens with zero attached hydrogens (tertiary/aromatic N) is 3. The highest BCUT2D eigenvalue weighted by atomic mass is 35.5.